The number of anilines is 1. The predicted molar refractivity (Wildman–Crippen MR) is 139 cm³/mol. The number of carboxylic acid groups (broad SMARTS) is 1. The Morgan fingerprint density at radius 2 is 1.86 bits per heavy atom. The van der Waals surface area contributed by atoms with E-state index in [4.69, 9.17) is 9.47 Å². The third-order valence-corrected chi connectivity index (χ3v) is 9.33. The number of amides is 1. The SMILES string of the molecule is CC1=CCC(C(=O)N(c2cc(C(C)(C)C)sc2C(=O)O)[C@H]2CC[C@H](O[C@@H]3CCOC3)CC2)[C@@H](C)C1. The first-order chi connectivity index (χ1) is 16.5. The van der Waals surface area contributed by atoms with Gasteiger partial charge >= 0.3 is 5.97 Å². The number of carbonyl (C=O) groups excluding carboxylic acids is 1. The molecular formula is C28H41NO5S. The molecule has 4 rings (SSSR count). The van der Waals surface area contributed by atoms with Crippen molar-refractivity contribution in [2.24, 2.45) is 11.8 Å². The average Bonchev–Trinajstić information content (AvgIpc) is 3.45. The van der Waals surface area contributed by atoms with Crippen LogP contribution < -0.4 is 4.90 Å². The number of thiophene rings is 1. The Kier molecular flexibility index (Phi) is 8.08. The molecule has 194 valence electrons. The average molecular weight is 504 g/mol. The Hall–Kier alpha value is -1.70. The lowest BCUT2D eigenvalue weighted by atomic mass is 9.79. The van der Waals surface area contributed by atoms with Crippen LogP contribution in [0.3, 0.4) is 0 Å². The van der Waals surface area contributed by atoms with Crippen molar-refractivity contribution in [2.45, 2.75) is 103 Å². The lowest BCUT2D eigenvalue weighted by Crippen LogP contribution is -2.48. The van der Waals surface area contributed by atoms with Crippen molar-refractivity contribution in [3.8, 4) is 0 Å². The standard InChI is InChI=1S/C28H41NO5S/c1-17-6-11-22(18(2)14-17)26(30)29(23-15-24(28(3,4)5)35-25(23)27(31)32)19-7-9-20(10-8-19)34-21-12-13-33-16-21/h6,15,18-22H,7-14,16H2,1-5H3,(H,31,32)/t18-,19-,20-,21+,22?/m0/s1. The molecule has 0 spiro atoms. The largest absolute Gasteiger partial charge is 0.477 e. The summed E-state index contributed by atoms with van der Waals surface area (Å²) in [5.74, 6) is -0.756. The van der Waals surface area contributed by atoms with Crippen LogP contribution in [0.2, 0.25) is 0 Å². The first-order valence-corrected chi connectivity index (χ1v) is 14.0. The molecule has 1 aromatic rings. The Labute approximate surface area is 213 Å². The van der Waals surface area contributed by atoms with Gasteiger partial charge in [0.2, 0.25) is 5.91 Å². The molecule has 1 unspecified atom stereocenters. The molecular weight excluding hydrogens is 462 g/mol. The van der Waals surface area contributed by atoms with Crippen LogP contribution >= 0.6 is 11.3 Å². The van der Waals surface area contributed by atoms with Gasteiger partial charge in [-0.15, -0.1) is 11.3 Å². The van der Waals surface area contributed by atoms with Crippen LogP contribution in [-0.4, -0.2) is 48.4 Å². The van der Waals surface area contributed by atoms with Crippen LogP contribution in [0.15, 0.2) is 17.7 Å². The summed E-state index contributed by atoms with van der Waals surface area (Å²) in [6.45, 7) is 12.0. The Balaban J connectivity index is 1.63. The van der Waals surface area contributed by atoms with Crippen LogP contribution in [0.4, 0.5) is 5.69 Å². The minimum atomic E-state index is -0.955. The quantitative estimate of drug-likeness (QED) is 0.469. The number of ether oxygens (including phenoxy) is 2. The zero-order chi connectivity index (χ0) is 25.3. The molecule has 1 saturated heterocycles. The second-order valence-electron chi connectivity index (χ2n) is 11.7. The lowest BCUT2D eigenvalue weighted by Gasteiger charge is -2.40. The van der Waals surface area contributed by atoms with E-state index in [-0.39, 0.29) is 46.3 Å². The molecule has 1 amide bonds. The summed E-state index contributed by atoms with van der Waals surface area (Å²) in [6.07, 6.45) is 8.52. The molecule has 1 N–H and O–H groups in total. The van der Waals surface area contributed by atoms with Gasteiger partial charge in [-0.25, -0.2) is 4.79 Å². The third-order valence-electron chi connectivity index (χ3n) is 7.79. The van der Waals surface area contributed by atoms with Gasteiger partial charge in [0.15, 0.2) is 0 Å². The van der Waals surface area contributed by atoms with E-state index >= 15 is 0 Å². The maximum atomic E-state index is 14.2. The zero-order valence-corrected chi connectivity index (χ0v) is 22.7. The fourth-order valence-electron chi connectivity index (χ4n) is 5.73. The summed E-state index contributed by atoms with van der Waals surface area (Å²) < 4.78 is 11.7. The van der Waals surface area contributed by atoms with Gasteiger partial charge in [-0.3, -0.25) is 4.79 Å². The molecule has 35 heavy (non-hydrogen) atoms. The molecule has 0 bridgehead atoms. The van der Waals surface area contributed by atoms with Crippen molar-refractivity contribution in [1.29, 1.82) is 0 Å². The number of carbonyl (C=O) groups is 2. The monoisotopic (exact) mass is 503 g/mol. The number of carboxylic acids is 1. The number of hydrogen-bond acceptors (Lipinski definition) is 5. The minimum absolute atomic E-state index is 0.0121. The van der Waals surface area contributed by atoms with E-state index in [0.717, 1.165) is 56.4 Å². The fraction of sp³-hybridized carbons (Fsp3) is 0.714. The van der Waals surface area contributed by atoms with Crippen molar-refractivity contribution in [3.63, 3.8) is 0 Å². The van der Waals surface area contributed by atoms with Gasteiger partial charge in [-0.05, 0) is 69.3 Å². The van der Waals surface area contributed by atoms with Gasteiger partial charge in [0, 0.05) is 23.4 Å². The van der Waals surface area contributed by atoms with E-state index < -0.39 is 5.97 Å². The summed E-state index contributed by atoms with van der Waals surface area (Å²) in [5.41, 5.74) is 1.73. The molecule has 2 aliphatic carbocycles. The third kappa shape index (κ3) is 6.00. The van der Waals surface area contributed by atoms with Crippen LogP contribution in [0.25, 0.3) is 0 Å². The molecule has 2 fully saturated rings. The lowest BCUT2D eigenvalue weighted by molar-refractivity contribution is -0.124. The first-order valence-electron chi connectivity index (χ1n) is 13.1. The number of hydrogen-bond donors (Lipinski definition) is 1. The van der Waals surface area contributed by atoms with Crippen molar-refractivity contribution < 1.29 is 24.2 Å². The van der Waals surface area contributed by atoms with Crippen molar-refractivity contribution in [1.82, 2.24) is 0 Å². The van der Waals surface area contributed by atoms with Gasteiger partial charge in [0.25, 0.3) is 0 Å². The van der Waals surface area contributed by atoms with Gasteiger partial charge in [0.05, 0.1) is 24.5 Å². The molecule has 7 heteroatoms. The zero-order valence-electron chi connectivity index (χ0n) is 21.8. The second-order valence-corrected chi connectivity index (χ2v) is 12.8. The van der Waals surface area contributed by atoms with Crippen LogP contribution in [0.1, 0.15) is 94.1 Å². The van der Waals surface area contributed by atoms with E-state index in [9.17, 15) is 14.7 Å². The number of allylic oxidation sites excluding steroid dienone is 2. The number of nitrogens with zero attached hydrogens (tertiary/aromatic N) is 1. The molecule has 0 radical (unpaired) electrons. The highest BCUT2D eigenvalue weighted by atomic mass is 32.1. The summed E-state index contributed by atoms with van der Waals surface area (Å²) in [5, 5.41) is 10.1. The predicted octanol–water partition coefficient (Wildman–Crippen LogP) is 6.19. The van der Waals surface area contributed by atoms with Crippen molar-refractivity contribution in [3.05, 3.63) is 27.5 Å². The summed E-state index contributed by atoms with van der Waals surface area (Å²) in [4.78, 5) is 29.7. The summed E-state index contributed by atoms with van der Waals surface area (Å²) in [6, 6.07) is 1.96. The minimum Gasteiger partial charge on any atom is -0.477 e. The summed E-state index contributed by atoms with van der Waals surface area (Å²) in [7, 11) is 0. The highest BCUT2D eigenvalue weighted by Crippen LogP contribution is 2.42. The Morgan fingerprint density at radius 3 is 2.43 bits per heavy atom. The van der Waals surface area contributed by atoms with Crippen LogP contribution in [-0.2, 0) is 19.7 Å². The van der Waals surface area contributed by atoms with Crippen molar-refractivity contribution in [2.75, 3.05) is 18.1 Å². The van der Waals surface area contributed by atoms with Gasteiger partial charge in [0.1, 0.15) is 4.88 Å². The normalized spacial score (nSPS) is 29.6. The van der Waals surface area contributed by atoms with E-state index in [0.29, 0.717) is 12.3 Å². The maximum absolute atomic E-state index is 14.2. The second kappa shape index (κ2) is 10.7. The molecule has 6 nitrogen and oxygen atoms in total. The first kappa shape index (κ1) is 26.4. The molecule has 3 atom stereocenters. The van der Waals surface area contributed by atoms with Gasteiger partial charge < -0.3 is 19.5 Å². The molecule has 1 saturated carbocycles. The topological polar surface area (TPSA) is 76.1 Å². The highest BCUT2D eigenvalue weighted by molar-refractivity contribution is 7.14. The molecule has 1 aromatic heterocycles. The van der Waals surface area contributed by atoms with E-state index in [1.807, 2.05) is 11.0 Å². The molecule has 1 aliphatic heterocycles. The van der Waals surface area contributed by atoms with E-state index in [2.05, 4.69) is 40.7 Å². The van der Waals surface area contributed by atoms with Gasteiger partial charge in [-0.2, -0.15) is 0 Å². The van der Waals surface area contributed by atoms with E-state index in [1.165, 1.54) is 16.9 Å². The maximum Gasteiger partial charge on any atom is 0.348 e. The molecule has 3 aliphatic rings. The van der Waals surface area contributed by atoms with E-state index in [1.54, 1.807) is 0 Å². The fourth-order valence-corrected chi connectivity index (χ4v) is 6.77. The van der Waals surface area contributed by atoms with Crippen LogP contribution in [0, 0.1) is 11.8 Å². The summed E-state index contributed by atoms with van der Waals surface area (Å²) >= 11 is 1.31. The Morgan fingerprint density at radius 1 is 1.14 bits per heavy atom. The smallest absolute Gasteiger partial charge is 0.348 e. The highest BCUT2D eigenvalue weighted by Gasteiger charge is 2.39. The Bertz CT molecular complexity index is 947. The number of rotatable bonds is 6. The van der Waals surface area contributed by atoms with Gasteiger partial charge in [-0.1, -0.05) is 39.3 Å². The molecule has 2 heterocycles. The number of aromatic carboxylic acids is 1. The molecule has 0 aromatic carbocycles. The van der Waals surface area contributed by atoms with Crippen LogP contribution in [0.5, 0.6) is 0 Å². The van der Waals surface area contributed by atoms with Crippen molar-refractivity contribution >= 4 is 28.9 Å².